The molecule has 0 fully saturated rings. The Bertz CT molecular complexity index is 562. The van der Waals surface area contributed by atoms with Crippen molar-refractivity contribution in [2.75, 3.05) is 0 Å². The largest absolute Gasteiger partial charge is 0.436 e. The van der Waals surface area contributed by atoms with Gasteiger partial charge in [-0.2, -0.15) is 4.98 Å². The highest BCUT2D eigenvalue weighted by atomic mass is 127. The zero-order valence-corrected chi connectivity index (χ0v) is 12.7. The van der Waals surface area contributed by atoms with Gasteiger partial charge in [0, 0.05) is 0 Å². The average Bonchev–Trinajstić information content (AvgIpc) is 2.29. The van der Waals surface area contributed by atoms with Gasteiger partial charge < -0.3 is 4.74 Å². The summed E-state index contributed by atoms with van der Waals surface area (Å²) in [5.74, 6) is 0.908. The molecular formula is C11H5Cl3INO. The molecule has 1 aromatic carbocycles. The molecule has 2 nitrogen and oxygen atoms in total. The van der Waals surface area contributed by atoms with Gasteiger partial charge in [0.05, 0.1) is 8.59 Å². The van der Waals surface area contributed by atoms with E-state index in [1.54, 1.807) is 0 Å². The Labute approximate surface area is 127 Å². The van der Waals surface area contributed by atoms with Gasteiger partial charge in [-0.25, -0.2) is 0 Å². The summed E-state index contributed by atoms with van der Waals surface area (Å²) in [5.41, 5.74) is 0. The third-order valence-electron chi connectivity index (χ3n) is 1.90. The molecule has 1 heterocycles. The van der Waals surface area contributed by atoms with Crippen LogP contribution < -0.4 is 4.74 Å². The molecule has 0 bridgehead atoms. The van der Waals surface area contributed by atoms with Crippen LogP contribution in [0.1, 0.15) is 0 Å². The van der Waals surface area contributed by atoms with Gasteiger partial charge in [0.15, 0.2) is 5.15 Å². The van der Waals surface area contributed by atoms with E-state index in [-0.39, 0.29) is 11.0 Å². The molecule has 0 unspecified atom stereocenters. The monoisotopic (exact) mass is 399 g/mol. The molecule has 6 heteroatoms. The van der Waals surface area contributed by atoms with Crippen molar-refractivity contribution in [1.29, 1.82) is 0 Å². The van der Waals surface area contributed by atoms with Gasteiger partial charge in [0.25, 0.3) is 0 Å². The number of para-hydroxylation sites is 1. The van der Waals surface area contributed by atoms with Crippen LogP contribution in [-0.2, 0) is 0 Å². The second kappa shape index (κ2) is 5.61. The quantitative estimate of drug-likeness (QED) is 0.495. The Kier molecular flexibility index (Phi) is 4.36. The standard InChI is InChI=1S/C11H5Cl3INO/c12-6-5-7(13)11(16-10(6)14)17-9-4-2-1-3-8(9)15/h1-5H. The number of hydrogen-bond acceptors (Lipinski definition) is 2. The van der Waals surface area contributed by atoms with Crippen LogP contribution in [-0.4, -0.2) is 4.98 Å². The minimum Gasteiger partial charge on any atom is -0.436 e. The number of hydrogen-bond donors (Lipinski definition) is 0. The van der Waals surface area contributed by atoms with Crippen molar-refractivity contribution in [2.24, 2.45) is 0 Å². The molecule has 0 aliphatic heterocycles. The molecular weight excluding hydrogens is 395 g/mol. The fraction of sp³-hybridized carbons (Fsp3) is 0. The summed E-state index contributed by atoms with van der Waals surface area (Å²) in [6.45, 7) is 0. The molecule has 17 heavy (non-hydrogen) atoms. The van der Waals surface area contributed by atoms with Gasteiger partial charge in [-0.15, -0.1) is 0 Å². The van der Waals surface area contributed by atoms with Gasteiger partial charge in [-0.1, -0.05) is 46.9 Å². The van der Waals surface area contributed by atoms with Crippen LogP contribution in [0.3, 0.4) is 0 Å². The topological polar surface area (TPSA) is 22.1 Å². The van der Waals surface area contributed by atoms with Crippen LogP contribution in [0.5, 0.6) is 11.6 Å². The maximum absolute atomic E-state index is 5.97. The summed E-state index contributed by atoms with van der Waals surface area (Å²) < 4.78 is 6.53. The summed E-state index contributed by atoms with van der Waals surface area (Å²) in [7, 11) is 0. The summed E-state index contributed by atoms with van der Waals surface area (Å²) in [6, 6.07) is 9.02. The Morgan fingerprint density at radius 3 is 2.47 bits per heavy atom. The molecule has 0 aliphatic carbocycles. The van der Waals surface area contributed by atoms with Gasteiger partial charge in [-0.3, -0.25) is 0 Å². The minimum atomic E-state index is 0.164. The van der Waals surface area contributed by atoms with Crippen molar-refractivity contribution in [2.45, 2.75) is 0 Å². The number of rotatable bonds is 2. The molecule has 0 aliphatic rings. The second-order valence-electron chi connectivity index (χ2n) is 3.08. The average molecular weight is 400 g/mol. The third kappa shape index (κ3) is 3.16. The molecule has 0 saturated heterocycles. The van der Waals surface area contributed by atoms with Crippen molar-refractivity contribution >= 4 is 57.4 Å². The van der Waals surface area contributed by atoms with Crippen LogP contribution in [0.15, 0.2) is 30.3 Å². The van der Waals surface area contributed by atoms with E-state index in [1.165, 1.54) is 6.07 Å². The molecule has 0 radical (unpaired) electrons. The van der Waals surface area contributed by atoms with Crippen molar-refractivity contribution in [3.8, 4) is 11.6 Å². The molecule has 0 saturated carbocycles. The first-order valence-corrected chi connectivity index (χ1v) is 6.73. The zero-order valence-electron chi connectivity index (χ0n) is 8.25. The number of benzene rings is 1. The van der Waals surface area contributed by atoms with E-state index in [0.29, 0.717) is 15.8 Å². The van der Waals surface area contributed by atoms with Gasteiger partial charge in [0.1, 0.15) is 10.8 Å². The Hall–Kier alpha value is -0.230. The highest BCUT2D eigenvalue weighted by molar-refractivity contribution is 14.1. The number of nitrogens with zero attached hydrogens (tertiary/aromatic N) is 1. The van der Waals surface area contributed by atoms with Crippen LogP contribution in [0, 0.1) is 3.57 Å². The molecule has 0 spiro atoms. The van der Waals surface area contributed by atoms with Crippen molar-refractivity contribution in [3.05, 3.63) is 49.1 Å². The molecule has 88 valence electrons. The van der Waals surface area contributed by atoms with Crippen LogP contribution in [0.25, 0.3) is 0 Å². The molecule has 0 amide bonds. The van der Waals surface area contributed by atoms with Crippen molar-refractivity contribution < 1.29 is 4.74 Å². The lowest BCUT2D eigenvalue weighted by Crippen LogP contribution is -1.92. The smallest absolute Gasteiger partial charge is 0.239 e. The van der Waals surface area contributed by atoms with E-state index in [4.69, 9.17) is 39.5 Å². The normalized spacial score (nSPS) is 10.4. The molecule has 0 atom stereocenters. The van der Waals surface area contributed by atoms with Gasteiger partial charge in [-0.05, 0) is 40.8 Å². The van der Waals surface area contributed by atoms with Gasteiger partial charge >= 0.3 is 0 Å². The Morgan fingerprint density at radius 2 is 1.76 bits per heavy atom. The first-order chi connectivity index (χ1) is 8.08. The van der Waals surface area contributed by atoms with Crippen LogP contribution in [0.4, 0.5) is 0 Å². The number of aromatic nitrogens is 1. The SMILES string of the molecule is Clc1cc(Cl)c(Oc2ccccc2I)nc1Cl. The number of ether oxygens (including phenoxy) is 1. The maximum Gasteiger partial charge on any atom is 0.239 e. The first-order valence-electron chi connectivity index (χ1n) is 4.52. The summed E-state index contributed by atoms with van der Waals surface area (Å²) >= 11 is 19.7. The van der Waals surface area contributed by atoms with E-state index >= 15 is 0 Å². The lowest BCUT2D eigenvalue weighted by molar-refractivity contribution is 0.460. The molecule has 2 rings (SSSR count). The first kappa shape index (κ1) is 13.2. The lowest BCUT2D eigenvalue weighted by atomic mass is 10.3. The van der Waals surface area contributed by atoms with E-state index in [2.05, 4.69) is 27.6 Å². The number of halogens is 4. The zero-order chi connectivity index (χ0) is 12.4. The maximum atomic E-state index is 5.97. The predicted molar refractivity (Wildman–Crippen MR) is 78.5 cm³/mol. The second-order valence-corrected chi connectivity index (χ2v) is 5.42. The lowest BCUT2D eigenvalue weighted by Gasteiger charge is -2.08. The summed E-state index contributed by atoms with van der Waals surface area (Å²) in [6.07, 6.45) is 0. The van der Waals surface area contributed by atoms with Crippen LogP contribution >= 0.6 is 57.4 Å². The Balaban J connectivity index is 2.37. The van der Waals surface area contributed by atoms with E-state index < -0.39 is 0 Å². The van der Waals surface area contributed by atoms with Crippen molar-refractivity contribution in [3.63, 3.8) is 0 Å². The van der Waals surface area contributed by atoms with Crippen molar-refractivity contribution in [1.82, 2.24) is 4.98 Å². The third-order valence-corrected chi connectivity index (χ3v) is 3.73. The fourth-order valence-electron chi connectivity index (χ4n) is 1.13. The van der Waals surface area contributed by atoms with E-state index in [1.807, 2.05) is 24.3 Å². The minimum absolute atomic E-state index is 0.164. The summed E-state index contributed by atoms with van der Waals surface area (Å²) in [5, 5.41) is 0.780. The molecule has 0 N–H and O–H groups in total. The van der Waals surface area contributed by atoms with E-state index in [0.717, 1.165) is 3.57 Å². The Morgan fingerprint density at radius 1 is 1.06 bits per heavy atom. The molecule has 2 aromatic rings. The van der Waals surface area contributed by atoms with Gasteiger partial charge in [0.2, 0.25) is 5.88 Å². The van der Waals surface area contributed by atoms with E-state index in [9.17, 15) is 0 Å². The highest BCUT2D eigenvalue weighted by Crippen LogP contribution is 2.34. The molecule has 1 aromatic heterocycles. The summed E-state index contributed by atoms with van der Waals surface area (Å²) in [4.78, 5) is 3.98. The predicted octanol–water partition coefficient (Wildman–Crippen LogP) is 5.44. The highest BCUT2D eigenvalue weighted by Gasteiger charge is 2.11. The van der Waals surface area contributed by atoms with Crippen LogP contribution in [0.2, 0.25) is 15.2 Å². The number of pyridine rings is 1. The fourth-order valence-corrected chi connectivity index (χ4v) is 2.16.